The quantitative estimate of drug-likeness (QED) is 0.780. The molecule has 0 aliphatic carbocycles. The summed E-state index contributed by atoms with van der Waals surface area (Å²) in [4.78, 5) is 13.8. The van der Waals surface area contributed by atoms with E-state index in [1.54, 1.807) is 0 Å². The van der Waals surface area contributed by atoms with E-state index in [0.717, 1.165) is 5.69 Å². The largest absolute Gasteiger partial charge is 0.399 e. The van der Waals surface area contributed by atoms with Gasteiger partial charge in [0.15, 0.2) is 0 Å². The molecule has 0 spiro atoms. The molecule has 17 heavy (non-hydrogen) atoms. The third kappa shape index (κ3) is 3.66. The van der Waals surface area contributed by atoms with E-state index >= 15 is 0 Å². The highest BCUT2D eigenvalue weighted by atomic mass is 16.2. The van der Waals surface area contributed by atoms with Gasteiger partial charge in [0.05, 0.1) is 0 Å². The van der Waals surface area contributed by atoms with E-state index in [9.17, 15) is 4.79 Å². The Morgan fingerprint density at radius 2 is 2.00 bits per heavy atom. The second-order valence-corrected chi connectivity index (χ2v) is 4.55. The molecular weight excluding hydrogens is 214 g/mol. The minimum Gasteiger partial charge on any atom is -0.399 e. The first kappa shape index (κ1) is 13.4. The van der Waals surface area contributed by atoms with Crippen molar-refractivity contribution in [3.05, 3.63) is 24.3 Å². The van der Waals surface area contributed by atoms with Gasteiger partial charge in [-0.1, -0.05) is 6.07 Å². The van der Waals surface area contributed by atoms with Crippen molar-refractivity contribution in [2.45, 2.75) is 32.9 Å². The van der Waals surface area contributed by atoms with E-state index in [0.29, 0.717) is 5.69 Å². The van der Waals surface area contributed by atoms with Crippen LogP contribution in [0.4, 0.5) is 11.4 Å². The van der Waals surface area contributed by atoms with Crippen molar-refractivity contribution in [2.75, 3.05) is 17.7 Å². The molecule has 1 aromatic rings. The number of carbonyl (C=O) groups is 1. The summed E-state index contributed by atoms with van der Waals surface area (Å²) in [5, 5.41) is 2.90. The molecule has 0 radical (unpaired) electrons. The molecule has 94 valence electrons. The van der Waals surface area contributed by atoms with Gasteiger partial charge in [-0.15, -0.1) is 0 Å². The molecule has 0 saturated heterocycles. The number of nitrogen functional groups attached to an aromatic ring is 1. The topological polar surface area (TPSA) is 58.4 Å². The van der Waals surface area contributed by atoms with Gasteiger partial charge < -0.3 is 16.0 Å². The fourth-order valence-electron chi connectivity index (χ4n) is 1.55. The zero-order valence-electron chi connectivity index (χ0n) is 10.9. The maximum absolute atomic E-state index is 11.9. The van der Waals surface area contributed by atoms with Gasteiger partial charge in [0.25, 0.3) is 0 Å². The average molecular weight is 235 g/mol. The monoisotopic (exact) mass is 235 g/mol. The molecule has 0 heterocycles. The van der Waals surface area contributed by atoms with Crippen molar-refractivity contribution in [3.63, 3.8) is 0 Å². The highest BCUT2D eigenvalue weighted by Gasteiger charge is 2.18. The molecule has 1 unspecified atom stereocenters. The Morgan fingerprint density at radius 1 is 1.35 bits per heavy atom. The van der Waals surface area contributed by atoms with Crippen LogP contribution in [0.15, 0.2) is 24.3 Å². The first-order valence-electron chi connectivity index (χ1n) is 5.80. The maximum atomic E-state index is 11.9. The normalized spacial score (nSPS) is 12.3. The lowest BCUT2D eigenvalue weighted by molar-refractivity contribution is -0.122. The van der Waals surface area contributed by atoms with Gasteiger partial charge in [-0.3, -0.25) is 4.79 Å². The fraction of sp³-hybridized carbons (Fsp3) is 0.462. The van der Waals surface area contributed by atoms with Crippen molar-refractivity contribution in [1.82, 2.24) is 5.32 Å². The fourth-order valence-corrected chi connectivity index (χ4v) is 1.55. The van der Waals surface area contributed by atoms with Gasteiger partial charge in [-0.25, -0.2) is 0 Å². The third-order valence-electron chi connectivity index (χ3n) is 2.67. The van der Waals surface area contributed by atoms with Crippen LogP contribution in [0, 0.1) is 0 Å². The predicted octanol–water partition coefficient (Wildman–Crippen LogP) is 1.62. The average Bonchev–Trinajstić information content (AvgIpc) is 2.26. The summed E-state index contributed by atoms with van der Waals surface area (Å²) in [6, 6.07) is 7.44. The number of likely N-dealkylation sites (N-methyl/N-ethyl adjacent to an activating group) is 1. The summed E-state index contributed by atoms with van der Waals surface area (Å²) in [6.07, 6.45) is 0. The molecule has 1 aromatic carbocycles. The molecule has 0 aliphatic rings. The van der Waals surface area contributed by atoms with E-state index in [1.807, 2.05) is 57.0 Å². The molecule has 3 N–H and O–H groups in total. The van der Waals surface area contributed by atoms with Crippen molar-refractivity contribution >= 4 is 17.3 Å². The standard InChI is InChI=1S/C13H21N3O/c1-9(2)15-13(17)10(3)16(4)12-7-5-6-11(14)8-12/h5-10H,14H2,1-4H3,(H,15,17). The van der Waals surface area contributed by atoms with Crippen LogP contribution in [-0.2, 0) is 4.79 Å². The van der Waals surface area contributed by atoms with Crippen molar-refractivity contribution in [2.24, 2.45) is 0 Å². The number of nitrogens with zero attached hydrogens (tertiary/aromatic N) is 1. The van der Waals surface area contributed by atoms with Gasteiger partial charge in [0.2, 0.25) is 5.91 Å². The highest BCUT2D eigenvalue weighted by Crippen LogP contribution is 2.18. The molecule has 1 rings (SSSR count). The lowest BCUT2D eigenvalue weighted by atomic mass is 10.2. The number of rotatable bonds is 4. The number of nitrogens with one attached hydrogen (secondary N) is 1. The predicted molar refractivity (Wildman–Crippen MR) is 72.0 cm³/mol. The molecule has 0 bridgehead atoms. The van der Waals surface area contributed by atoms with Gasteiger partial charge in [0, 0.05) is 24.5 Å². The summed E-state index contributed by atoms with van der Waals surface area (Å²) >= 11 is 0. The Bertz CT molecular complexity index is 390. The zero-order valence-corrected chi connectivity index (χ0v) is 10.9. The lowest BCUT2D eigenvalue weighted by Crippen LogP contribution is -2.45. The van der Waals surface area contributed by atoms with Crippen LogP contribution in [0.2, 0.25) is 0 Å². The van der Waals surface area contributed by atoms with Crippen LogP contribution in [0.25, 0.3) is 0 Å². The summed E-state index contributed by atoms with van der Waals surface area (Å²) in [5.41, 5.74) is 7.37. The van der Waals surface area contributed by atoms with Crippen LogP contribution in [0.5, 0.6) is 0 Å². The van der Waals surface area contributed by atoms with Gasteiger partial charge >= 0.3 is 0 Å². The van der Waals surface area contributed by atoms with Gasteiger partial charge in [-0.2, -0.15) is 0 Å². The number of hydrogen-bond acceptors (Lipinski definition) is 3. The van der Waals surface area contributed by atoms with Crippen LogP contribution < -0.4 is 16.0 Å². The molecule has 0 aliphatic heterocycles. The summed E-state index contributed by atoms with van der Waals surface area (Å²) in [7, 11) is 1.89. The highest BCUT2D eigenvalue weighted by molar-refractivity contribution is 5.85. The summed E-state index contributed by atoms with van der Waals surface area (Å²) in [5.74, 6) is 0.0184. The second kappa shape index (κ2) is 5.57. The number of benzene rings is 1. The smallest absolute Gasteiger partial charge is 0.242 e. The molecule has 1 amide bonds. The van der Waals surface area contributed by atoms with Crippen LogP contribution in [0.3, 0.4) is 0 Å². The number of nitrogens with two attached hydrogens (primary N) is 1. The zero-order chi connectivity index (χ0) is 13.0. The van der Waals surface area contributed by atoms with Crippen LogP contribution in [0.1, 0.15) is 20.8 Å². The van der Waals surface area contributed by atoms with Crippen LogP contribution >= 0.6 is 0 Å². The molecule has 1 atom stereocenters. The summed E-state index contributed by atoms with van der Waals surface area (Å²) < 4.78 is 0. The van der Waals surface area contributed by atoms with Crippen molar-refractivity contribution < 1.29 is 4.79 Å². The first-order valence-corrected chi connectivity index (χ1v) is 5.80. The number of carbonyl (C=O) groups excluding carboxylic acids is 1. The SMILES string of the molecule is CC(C)NC(=O)C(C)N(C)c1cccc(N)c1. The minimum atomic E-state index is -0.223. The van der Waals surface area contributed by atoms with Crippen LogP contribution in [-0.4, -0.2) is 25.0 Å². The van der Waals surface area contributed by atoms with Gasteiger partial charge in [0.1, 0.15) is 6.04 Å². The third-order valence-corrected chi connectivity index (χ3v) is 2.67. The molecular formula is C13H21N3O. The molecule has 0 aromatic heterocycles. The Hall–Kier alpha value is -1.71. The molecule has 0 saturated carbocycles. The van der Waals surface area contributed by atoms with E-state index in [-0.39, 0.29) is 18.0 Å². The summed E-state index contributed by atoms with van der Waals surface area (Å²) in [6.45, 7) is 5.77. The lowest BCUT2D eigenvalue weighted by Gasteiger charge is -2.27. The van der Waals surface area contributed by atoms with Crippen molar-refractivity contribution in [3.8, 4) is 0 Å². The molecule has 4 nitrogen and oxygen atoms in total. The Morgan fingerprint density at radius 3 is 2.53 bits per heavy atom. The maximum Gasteiger partial charge on any atom is 0.242 e. The number of amides is 1. The van der Waals surface area contributed by atoms with E-state index in [4.69, 9.17) is 5.73 Å². The Balaban J connectivity index is 2.75. The Kier molecular flexibility index (Phi) is 4.37. The number of anilines is 2. The minimum absolute atomic E-state index is 0.0184. The van der Waals surface area contributed by atoms with Crippen molar-refractivity contribution in [1.29, 1.82) is 0 Å². The van der Waals surface area contributed by atoms with E-state index in [2.05, 4.69) is 5.32 Å². The van der Waals surface area contributed by atoms with E-state index < -0.39 is 0 Å². The first-order chi connectivity index (χ1) is 7.91. The van der Waals surface area contributed by atoms with Gasteiger partial charge in [-0.05, 0) is 39.0 Å². The second-order valence-electron chi connectivity index (χ2n) is 4.55. The number of hydrogen-bond donors (Lipinski definition) is 2. The molecule has 4 heteroatoms. The Labute approximate surface area is 103 Å². The molecule has 0 fully saturated rings. The van der Waals surface area contributed by atoms with E-state index in [1.165, 1.54) is 0 Å².